The molecule has 1 aromatic carbocycles. The first-order valence-corrected chi connectivity index (χ1v) is 6.89. The van der Waals surface area contributed by atoms with Crippen molar-refractivity contribution in [2.45, 2.75) is 20.4 Å². The average Bonchev–Trinajstić information content (AvgIpc) is 2.47. The number of likely N-dealkylation sites (N-methyl/N-ethyl adjacent to an activating group) is 1. The number of para-hydroxylation sites is 2. The summed E-state index contributed by atoms with van der Waals surface area (Å²) in [7, 11) is 0. The van der Waals surface area contributed by atoms with E-state index in [4.69, 9.17) is 0 Å². The molecule has 0 aliphatic carbocycles. The van der Waals surface area contributed by atoms with Gasteiger partial charge in [-0.2, -0.15) is 0 Å². The van der Waals surface area contributed by atoms with Crippen LogP contribution in [0.5, 0.6) is 0 Å². The highest BCUT2D eigenvalue weighted by Crippen LogP contribution is 2.09. The van der Waals surface area contributed by atoms with Gasteiger partial charge in [-0.05, 0) is 26.0 Å². The quantitative estimate of drug-likeness (QED) is 0.787. The van der Waals surface area contributed by atoms with Crippen LogP contribution in [0.15, 0.2) is 47.4 Å². The summed E-state index contributed by atoms with van der Waals surface area (Å²) < 4.78 is 1.46. The van der Waals surface area contributed by atoms with Crippen LogP contribution in [-0.4, -0.2) is 33.4 Å². The SMILES string of the molecule is C=C(C)CN(CC)C(=O)Cn1c(=O)cnc2ccccc21. The molecule has 0 fully saturated rings. The molecule has 5 nitrogen and oxygen atoms in total. The Bertz CT molecular complexity index is 734. The second kappa shape index (κ2) is 6.35. The van der Waals surface area contributed by atoms with Crippen molar-refractivity contribution < 1.29 is 4.79 Å². The molecule has 1 heterocycles. The van der Waals surface area contributed by atoms with Crippen molar-refractivity contribution in [3.05, 3.63) is 53.0 Å². The fourth-order valence-corrected chi connectivity index (χ4v) is 2.22. The Kier molecular flexibility index (Phi) is 4.52. The van der Waals surface area contributed by atoms with Gasteiger partial charge >= 0.3 is 0 Å². The zero-order valence-corrected chi connectivity index (χ0v) is 12.4. The van der Waals surface area contributed by atoms with Gasteiger partial charge in [0.25, 0.3) is 5.56 Å². The minimum absolute atomic E-state index is 0.0169. The van der Waals surface area contributed by atoms with E-state index in [9.17, 15) is 9.59 Å². The normalized spacial score (nSPS) is 10.6. The Morgan fingerprint density at radius 1 is 1.38 bits per heavy atom. The molecule has 0 radical (unpaired) electrons. The summed E-state index contributed by atoms with van der Waals surface area (Å²) in [4.78, 5) is 30.2. The van der Waals surface area contributed by atoms with E-state index in [0.29, 0.717) is 24.1 Å². The van der Waals surface area contributed by atoms with Crippen LogP contribution in [0, 0.1) is 0 Å². The van der Waals surface area contributed by atoms with Crippen LogP contribution >= 0.6 is 0 Å². The molecule has 0 atom stereocenters. The van der Waals surface area contributed by atoms with Gasteiger partial charge in [0.05, 0.1) is 17.2 Å². The number of benzene rings is 1. The number of nitrogens with zero attached hydrogens (tertiary/aromatic N) is 3. The van der Waals surface area contributed by atoms with Gasteiger partial charge in [0, 0.05) is 13.1 Å². The number of aromatic nitrogens is 2. The maximum absolute atomic E-state index is 12.4. The predicted octanol–water partition coefficient (Wildman–Crippen LogP) is 1.82. The summed E-state index contributed by atoms with van der Waals surface area (Å²) in [5.41, 5.74) is 2.02. The van der Waals surface area contributed by atoms with Gasteiger partial charge < -0.3 is 4.90 Å². The van der Waals surface area contributed by atoms with Crippen molar-refractivity contribution in [3.8, 4) is 0 Å². The van der Waals surface area contributed by atoms with Crippen LogP contribution in [-0.2, 0) is 11.3 Å². The monoisotopic (exact) mass is 285 g/mol. The van der Waals surface area contributed by atoms with Gasteiger partial charge in [-0.15, -0.1) is 0 Å². The van der Waals surface area contributed by atoms with E-state index in [0.717, 1.165) is 5.57 Å². The summed E-state index contributed by atoms with van der Waals surface area (Å²) in [5, 5.41) is 0. The lowest BCUT2D eigenvalue weighted by atomic mass is 10.3. The molecule has 1 aromatic heterocycles. The number of hydrogen-bond acceptors (Lipinski definition) is 3. The van der Waals surface area contributed by atoms with E-state index in [1.54, 1.807) is 11.0 Å². The fourth-order valence-electron chi connectivity index (χ4n) is 2.22. The molecule has 1 amide bonds. The lowest BCUT2D eigenvalue weighted by Gasteiger charge is -2.21. The highest BCUT2D eigenvalue weighted by molar-refractivity contribution is 5.80. The van der Waals surface area contributed by atoms with Gasteiger partial charge in [-0.25, -0.2) is 4.98 Å². The fraction of sp³-hybridized carbons (Fsp3) is 0.312. The van der Waals surface area contributed by atoms with Crippen LogP contribution in [0.2, 0.25) is 0 Å². The first-order chi connectivity index (χ1) is 10.0. The number of hydrogen-bond donors (Lipinski definition) is 0. The molecule has 0 saturated heterocycles. The summed E-state index contributed by atoms with van der Waals surface area (Å²) in [6.45, 7) is 8.73. The number of fused-ring (bicyclic) bond motifs is 1. The lowest BCUT2D eigenvalue weighted by Crippen LogP contribution is -2.37. The maximum atomic E-state index is 12.4. The van der Waals surface area contributed by atoms with Crippen molar-refractivity contribution in [1.82, 2.24) is 14.5 Å². The van der Waals surface area contributed by atoms with Gasteiger partial charge in [-0.3, -0.25) is 14.2 Å². The third-order valence-corrected chi connectivity index (χ3v) is 3.24. The van der Waals surface area contributed by atoms with E-state index in [2.05, 4.69) is 11.6 Å². The minimum atomic E-state index is -0.270. The van der Waals surface area contributed by atoms with Crippen LogP contribution in [0.3, 0.4) is 0 Å². The second-order valence-electron chi connectivity index (χ2n) is 5.04. The molecule has 0 bridgehead atoms. The molecule has 0 aliphatic heterocycles. The molecule has 21 heavy (non-hydrogen) atoms. The van der Waals surface area contributed by atoms with Crippen LogP contribution in [0.25, 0.3) is 11.0 Å². The van der Waals surface area contributed by atoms with Crippen LogP contribution < -0.4 is 5.56 Å². The Labute approximate surface area is 123 Å². The van der Waals surface area contributed by atoms with Crippen molar-refractivity contribution in [2.75, 3.05) is 13.1 Å². The van der Waals surface area contributed by atoms with Crippen molar-refractivity contribution in [2.24, 2.45) is 0 Å². The van der Waals surface area contributed by atoms with Crippen molar-refractivity contribution in [3.63, 3.8) is 0 Å². The lowest BCUT2D eigenvalue weighted by molar-refractivity contribution is -0.131. The number of amides is 1. The number of carbonyl (C=O) groups is 1. The third kappa shape index (κ3) is 3.37. The van der Waals surface area contributed by atoms with Crippen molar-refractivity contribution in [1.29, 1.82) is 0 Å². The standard InChI is InChI=1S/C16H19N3O2/c1-4-18(10-12(2)3)16(21)11-19-14-8-6-5-7-13(14)17-9-15(19)20/h5-9H,2,4,10-11H2,1,3H3. The number of rotatable bonds is 5. The minimum Gasteiger partial charge on any atom is -0.337 e. The first kappa shape index (κ1) is 15.0. The van der Waals surface area contributed by atoms with E-state index in [-0.39, 0.29) is 18.0 Å². The molecule has 0 saturated carbocycles. The van der Waals surface area contributed by atoms with E-state index >= 15 is 0 Å². The summed E-state index contributed by atoms with van der Waals surface area (Å²) >= 11 is 0. The Hall–Kier alpha value is -2.43. The number of carbonyl (C=O) groups excluding carboxylic acids is 1. The molecule has 0 aliphatic rings. The van der Waals surface area contributed by atoms with Gasteiger partial charge in [-0.1, -0.05) is 24.3 Å². The predicted molar refractivity (Wildman–Crippen MR) is 83.1 cm³/mol. The maximum Gasteiger partial charge on any atom is 0.269 e. The van der Waals surface area contributed by atoms with Crippen LogP contribution in [0.1, 0.15) is 13.8 Å². The highest BCUT2D eigenvalue weighted by Gasteiger charge is 2.14. The summed E-state index contributed by atoms with van der Waals surface area (Å²) in [6, 6.07) is 7.30. The topological polar surface area (TPSA) is 55.2 Å². The zero-order valence-electron chi connectivity index (χ0n) is 12.4. The molecule has 2 aromatic rings. The van der Waals surface area contributed by atoms with Crippen LogP contribution in [0.4, 0.5) is 0 Å². The molecule has 5 heteroatoms. The Balaban J connectivity index is 2.35. The molecule has 0 spiro atoms. The molecular weight excluding hydrogens is 266 g/mol. The van der Waals surface area contributed by atoms with Gasteiger partial charge in [0.2, 0.25) is 5.91 Å². The molecule has 2 rings (SSSR count). The van der Waals surface area contributed by atoms with E-state index in [1.165, 1.54) is 10.8 Å². The van der Waals surface area contributed by atoms with Gasteiger partial charge in [0.15, 0.2) is 0 Å². The third-order valence-electron chi connectivity index (χ3n) is 3.24. The van der Waals surface area contributed by atoms with E-state index < -0.39 is 0 Å². The van der Waals surface area contributed by atoms with Crippen molar-refractivity contribution >= 4 is 16.9 Å². The average molecular weight is 285 g/mol. The molecule has 0 N–H and O–H groups in total. The summed E-state index contributed by atoms with van der Waals surface area (Å²) in [5.74, 6) is -0.0982. The molecule has 110 valence electrons. The summed E-state index contributed by atoms with van der Waals surface area (Å²) in [6.07, 6.45) is 1.25. The van der Waals surface area contributed by atoms with Gasteiger partial charge in [0.1, 0.15) is 6.54 Å². The smallest absolute Gasteiger partial charge is 0.269 e. The zero-order chi connectivity index (χ0) is 15.4. The van der Waals surface area contributed by atoms with E-state index in [1.807, 2.05) is 32.0 Å². The molecule has 0 unspecified atom stereocenters. The second-order valence-corrected chi connectivity index (χ2v) is 5.04. The Morgan fingerprint density at radius 2 is 2.10 bits per heavy atom. The highest BCUT2D eigenvalue weighted by atomic mass is 16.2. The largest absolute Gasteiger partial charge is 0.337 e. The Morgan fingerprint density at radius 3 is 2.76 bits per heavy atom. The first-order valence-electron chi connectivity index (χ1n) is 6.89. The molecular formula is C16H19N3O2.